The molecule has 0 aromatic carbocycles. The number of imidazole rings is 1. The Morgan fingerprint density at radius 1 is 1.19 bits per heavy atom. The van der Waals surface area contributed by atoms with Gasteiger partial charge in [-0.2, -0.15) is 0 Å². The zero-order valence-electron chi connectivity index (χ0n) is 12.8. The Bertz CT molecular complexity index is 582. The number of H-pyrrole nitrogens is 1. The lowest BCUT2D eigenvalue weighted by molar-refractivity contribution is 0.724. The minimum Gasteiger partial charge on any atom is -0.355 e. The SMILES string of the molecule is CC(C)c1cnc(-c2cccc(N3CCCNCC3)n2)[nH]1. The lowest BCUT2D eigenvalue weighted by Gasteiger charge is -2.21. The van der Waals surface area contributed by atoms with Gasteiger partial charge in [0.2, 0.25) is 0 Å². The fourth-order valence-electron chi connectivity index (χ4n) is 2.57. The van der Waals surface area contributed by atoms with Crippen LogP contribution in [0.15, 0.2) is 24.4 Å². The van der Waals surface area contributed by atoms with Gasteiger partial charge in [0.25, 0.3) is 0 Å². The largest absolute Gasteiger partial charge is 0.355 e. The summed E-state index contributed by atoms with van der Waals surface area (Å²) in [6.45, 7) is 8.48. The topological polar surface area (TPSA) is 56.8 Å². The van der Waals surface area contributed by atoms with Gasteiger partial charge in [-0.05, 0) is 31.0 Å². The quantitative estimate of drug-likeness (QED) is 0.909. The highest BCUT2D eigenvalue weighted by Crippen LogP contribution is 2.21. The summed E-state index contributed by atoms with van der Waals surface area (Å²) in [7, 11) is 0. The first-order valence-corrected chi connectivity index (χ1v) is 7.72. The highest BCUT2D eigenvalue weighted by Gasteiger charge is 2.13. The smallest absolute Gasteiger partial charge is 0.156 e. The summed E-state index contributed by atoms with van der Waals surface area (Å²) < 4.78 is 0. The second-order valence-electron chi connectivity index (χ2n) is 5.81. The van der Waals surface area contributed by atoms with Gasteiger partial charge in [0.15, 0.2) is 5.82 Å². The van der Waals surface area contributed by atoms with Crippen LogP contribution in [0.25, 0.3) is 11.5 Å². The minimum atomic E-state index is 0.450. The number of rotatable bonds is 3. The number of pyridine rings is 1. The summed E-state index contributed by atoms with van der Waals surface area (Å²) in [4.78, 5) is 15.0. The normalized spacial score (nSPS) is 16.2. The molecule has 0 bridgehead atoms. The molecule has 2 aromatic heterocycles. The van der Waals surface area contributed by atoms with Gasteiger partial charge in [-0.3, -0.25) is 0 Å². The molecule has 0 unspecified atom stereocenters. The number of hydrogen-bond acceptors (Lipinski definition) is 4. The van der Waals surface area contributed by atoms with Crippen LogP contribution in [0.2, 0.25) is 0 Å². The number of nitrogens with one attached hydrogen (secondary N) is 2. The Kier molecular flexibility index (Phi) is 4.20. The van der Waals surface area contributed by atoms with Crippen molar-refractivity contribution in [2.24, 2.45) is 0 Å². The molecule has 0 saturated carbocycles. The van der Waals surface area contributed by atoms with E-state index in [-0.39, 0.29) is 0 Å². The summed E-state index contributed by atoms with van der Waals surface area (Å²) in [6.07, 6.45) is 3.06. The van der Waals surface area contributed by atoms with E-state index in [1.54, 1.807) is 0 Å². The van der Waals surface area contributed by atoms with Gasteiger partial charge in [-0.15, -0.1) is 0 Å². The van der Waals surface area contributed by atoms with Gasteiger partial charge in [-0.1, -0.05) is 19.9 Å². The maximum atomic E-state index is 4.79. The van der Waals surface area contributed by atoms with Crippen molar-refractivity contribution in [1.82, 2.24) is 20.3 Å². The van der Waals surface area contributed by atoms with Crippen molar-refractivity contribution in [1.29, 1.82) is 0 Å². The first kappa shape index (κ1) is 14.1. The highest BCUT2D eigenvalue weighted by atomic mass is 15.2. The molecule has 0 atom stereocenters. The molecule has 1 aliphatic rings. The fourth-order valence-corrected chi connectivity index (χ4v) is 2.57. The minimum absolute atomic E-state index is 0.450. The molecule has 3 heterocycles. The molecular weight excluding hydrogens is 262 g/mol. The third-order valence-electron chi connectivity index (χ3n) is 3.86. The number of aromatic amines is 1. The molecule has 2 aromatic rings. The van der Waals surface area contributed by atoms with E-state index in [9.17, 15) is 0 Å². The van der Waals surface area contributed by atoms with Crippen LogP contribution < -0.4 is 10.2 Å². The first-order valence-electron chi connectivity index (χ1n) is 7.72. The molecule has 0 spiro atoms. The molecule has 1 fully saturated rings. The molecule has 0 radical (unpaired) electrons. The lowest BCUT2D eigenvalue weighted by Crippen LogP contribution is -2.28. The first-order chi connectivity index (χ1) is 10.2. The van der Waals surface area contributed by atoms with Gasteiger partial charge < -0.3 is 15.2 Å². The Labute approximate surface area is 125 Å². The van der Waals surface area contributed by atoms with Crippen LogP contribution in [0.3, 0.4) is 0 Å². The molecule has 21 heavy (non-hydrogen) atoms. The van der Waals surface area contributed by atoms with E-state index < -0.39 is 0 Å². The molecule has 3 rings (SSSR count). The number of nitrogens with zero attached hydrogens (tertiary/aromatic N) is 3. The molecule has 0 amide bonds. The third-order valence-corrected chi connectivity index (χ3v) is 3.86. The summed E-state index contributed by atoms with van der Waals surface area (Å²) in [5.41, 5.74) is 2.06. The zero-order valence-corrected chi connectivity index (χ0v) is 12.8. The highest BCUT2D eigenvalue weighted by molar-refractivity contribution is 5.54. The monoisotopic (exact) mass is 285 g/mol. The van der Waals surface area contributed by atoms with Gasteiger partial charge in [0.05, 0.1) is 0 Å². The summed E-state index contributed by atoms with van der Waals surface area (Å²) in [5.74, 6) is 2.35. The van der Waals surface area contributed by atoms with Crippen molar-refractivity contribution in [3.8, 4) is 11.5 Å². The summed E-state index contributed by atoms with van der Waals surface area (Å²) >= 11 is 0. The van der Waals surface area contributed by atoms with Crippen molar-refractivity contribution < 1.29 is 0 Å². The van der Waals surface area contributed by atoms with Crippen molar-refractivity contribution in [2.45, 2.75) is 26.2 Å². The van der Waals surface area contributed by atoms with E-state index >= 15 is 0 Å². The maximum Gasteiger partial charge on any atom is 0.156 e. The third kappa shape index (κ3) is 3.24. The lowest BCUT2D eigenvalue weighted by atomic mass is 10.2. The Morgan fingerprint density at radius 3 is 2.90 bits per heavy atom. The predicted octanol–water partition coefficient (Wildman–Crippen LogP) is 2.39. The number of aromatic nitrogens is 3. The molecule has 2 N–H and O–H groups in total. The summed E-state index contributed by atoms with van der Waals surface area (Å²) in [6, 6.07) is 6.16. The Hall–Kier alpha value is -1.88. The molecule has 1 saturated heterocycles. The fraction of sp³-hybridized carbons (Fsp3) is 0.500. The predicted molar refractivity (Wildman–Crippen MR) is 85.6 cm³/mol. The van der Waals surface area contributed by atoms with Gasteiger partial charge in [-0.25, -0.2) is 9.97 Å². The summed E-state index contributed by atoms with van der Waals surface area (Å²) in [5, 5.41) is 3.42. The van der Waals surface area contributed by atoms with Crippen molar-refractivity contribution in [2.75, 3.05) is 31.1 Å². The second-order valence-corrected chi connectivity index (χ2v) is 5.81. The maximum absolute atomic E-state index is 4.79. The van der Waals surface area contributed by atoms with Crippen molar-refractivity contribution in [3.63, 3.8) is 0 Å². The zero-order chi connectivity index (χ0) is 14.7. The molecule has 5 heteroatoms. The van der Waals surface area contributed by atoms with E-state index in [1.165, 1.54) is 0 Å². The number of anilines is 1. The van der Waals surface area contributed by atoms with Gasteiger partial charge >= 0.3 is 0 Å². The standard InChI is InChI=1S/C16H23N5/c1-12(2)14-11-18-16(20-14)13-5-3-6-15(19-13)21-9-4-7-17-8-10-21/h3,5-6,11-12,17H,4,7-10H2,1-2H3,(H,18,20). The van der Waals surface area contributed by atoms with Crippen LogP contribution in [0.1, 0.15) is 31.9 Å². The van der Waals surface area contributed by atoms with E-state index in [0.29, 0.717) is 5.92 Å². The van der Waals surface area contributed by atoms with Crippen LogP contribution >= 0.6 is 0 Å². The molecular formula is C16H23N5. The Morgan fingerprint density at radius 2 is 2.10 bits per heavy atom. The number of hydrogen-bond donors (Lipinski definition) is 2. The van der Waals surface area contributed by atoms with Gasteiger partial charge in [0, 0.05) is 31.5 Å². The van der Waals surface area contributed by atoms with Crippen LogP contribution in [-0.4, -0.2) is 41.1 Å². The van der Waals surface area contributed by atoms with Gasteiger partial charge in [0.1, 0.15) is 11.5 Å². The second kappa shape index (κ2) is 6.26. The van der Waals surface area contributed by atoms with E-state index in [2.05, 4.69) is 46.2 Å². The molecule has 112 valence electrons. The molecule has 0 aliphatic carbocycles. The van der Waals surface area contributed by atoms with Crippen LogP contribution in [-0.2, 0) is 0 Å². The van der Waals surface area contributed by atoms with E-state index in [4.69, 9.17) is 4.98 Å². The average Bonchev–Trinajstić information content (AvgIpc) is 2.84. The average molecular weight is 285 g/mol. The molecule has 5 nitrogen and oxygen atoms in total. The van der Waals surface area contributed by atoms with E-state index in [0.717, 1.165) is 55.6 Å². The molecule has 1 aliphatic heterocycles. The Balaban J connectivity index is 1.84. The van der Waals surface area contributed by atoms with Crippen LogP contribution in [0.4, 0.5) is 5.82 Å². The van der Waals surface area contributed by atoms with Crippen LogP contribution in [0.5, 0.6) is 0 Å². The van der Waals surface area contributed by atoms with Crippen molar-refractivity contribution >= 4 is 5.82 Å². The van der Waals surface area contributed by atoms with Crippen LogP contribution in [0, 0.1) is 0 Å². The van der Waals surface area contributed by atoms with E-state index in [1.807, 2.05) is 12.3 Å². The van der Waals surface area contributed by atoms with Crippen molar-refractivity contribution in [3.05, 3.63) is 30.1 Å².